The Labute approximate surface area is 186 Å². The second-order valence-electron chi connectivity index (χ2n) is 6.81. The van der Waals surface area contributed by atoms with Crippen LogP contribution >= 0.6 is 0 Å². The average molecular weight is 403 g/mol. The molecule has 0 aliphatic carbocycles. The molecule has 0 aliphatic heterocycles. The van der Waals surface area contributed by atoms with Gasteiger partial charge >= 0.3 is 29.6 Å². The fourth-order valence-corrected chi connectivity index (χ4v) is 2.89. The van der Waals surface area contributed by atoms with Crippen LogP contribution in [0.3, 0.4) is 0 Å². The molecule has 0 heterocycles. The van der Waals surface area contributed by atoms with Gasteiger partial charge in [-0.25, -0.2) is 0 Å². The topological polar surface area (TPSA) is 74.6 Å². The van der Waals surface area contributed by atoms with Gasteiger partial charge in [0.2, 0.25) is 0 Å². The molecule has 0 spiro atoms. The van der Waals surface area contributed by atoms with Gasteiger partial charge in [0, 0.05) is 0 Å². The second-order valence-corrected chi connectivity index (χ2v) is 8.39. The summed E-state index contributed by atoms with van der Waals surface area (Å²) in [4.78, 5) is 0. The predicted molar refractivity (Wildman–Crippen MR) is 108 cm³/mol. The zero-order chi connectivity index (χ0) is 19.2. The molecule has 4 nitrogen and oxygen atoms in total. The first kappa shape index (κ1) is 31.6. The van der Waals surface area contributed by atoms with Crippen molar-refractivity contribution in [3.63, 3.8) is 0 Å². The van der Waals surface area contributed by atoms with Gasteiger partial charge in [0.15, 0.2) is 0 Å². The third-order valence-electron chi connectivity index (χ3n) is 4.20. The van der Waals surface area contributed by atoms with E-state index < -0.39 is 22.5 Å². The molecule has 0 unspecified atom stereocenters. The van der Waals surface area contributed by atoms with Gasteiger partial charge in [-0.1, -0.05) is 103 Å². The Bertz CT molecular complexity index is 319. The summed E-state index contributed by atoms with van der Waals surface area (Å²) >= 11 is 0. The van der Waals surface area contributed by atoms with Crippen LogP contribution in [0.4, 0.5) is 0 Å². The molecule has 2 N–H and O–H groups in total. The summed E-state index contributed by atoms with van der Waals surface area (Å²) in [5.74, 6) is -0.576. The Morgan fingerprint density at radius 1 is 0.692 bits per heavy atom. The van der Waals surface area contributed by atoms with Gasteiger partial charge in [0.25, 0.3) is 10.1 Å². The fraction of sp³-hybridized carbons (Fsp3) is 0.950. The van der Waals surface area contributed by atoms with E-state index in [1.807, 2.05) is 0 Å². The second kappa shape index (κ2) is 25.9. The molecule has 26 heavy (non-hydrogen) atoms. The van der Waals surface area contributed by atoms with Crippen LogP contribution < -0.4 is 29.6 Å². The third kappa shape index (κ3) is 35.9. The van der Waals surface area contributed by atoms with Crippen LogP contribution in [0, 0.1) is 6.92 Å². The van der Waals surface area contributed by atoms with Crippen molar-refractivity contribution >= 4 is 10.1 Å². The van der Waals surface area contributed by atoms with E-state index in [2.05, 4.69) is 13.8 Å². The first-order chi connectivity index (χ1) is 12.0. The van der Waals surface area contributed by atoms with Crippen LogP contribution in [-0.4, -0.2) is 30.4 Å². The van der Waals surface area contributed by atoms with E-state index in [1.54, 1.807) is 0 Å². The molecule has 6 heteroatoms. The molecule has 0 aromatic carbocycles. The molecule has 0 aromatic heterocycles. The molecule has 0 radical (unpaired) electrons. The monoisotopic (exact) mass is 402 g/mol. The first-order valence-electron chi connectivity index (χ1n) is 10.3. The summed E-state index contributed by atoms with van der Waals surface area (Å²) in [5, 5.41) is 7.86. The van der Waals surface area contributed by atoms with Gasteiger partial charge in [0.05, 0.1) is 12.4 Å². The van der Waals surface area contributed by atoms with E-state index in [1.165, 1.54) is 96.3 Å². The normalized spacial score (nSPS) is 10.8. The van der Waals surface area contributed by atoms with E-state index in [-0.39, 0.29) is 29.6 Å². The molecule has 0 saturated carbocycles. The van der Waals surface area contributed by atoms with Crippen molar-refractivity contribution in [3.8, 4) is 0 Å². The van der Waals surface area contributed by atoms with E-state index in [4.69, 9.17) is 9.66 Å². The van der Waals surface area contributed by atoms with Crippen molar-refractivity contribution < 1.29 is 47.6 Å². The maximum atomic E-state index is 9.63. The Hall–Kier alpha value is 0.870. The molecular weight excluding hydrogens is 359 g/mol. The van der Waals surface area contributed by atoms with E-state index in [0.29, 0.717) is 0 Å². The number of rotatable bonds is 17. The van der Waals surface area contributed by atoms with Crippen LogP contribution in [0.25, 0.3) is 0 Å². The average Bonchev–Trinajstić information content (AvgIpc) is 2.55. The predicted octanol–water partition coefficient (Wildman–Crippen LogP) is 2.95. The maximum absolute atomic E-state index is 9.63. The number of unbranched alkanes of at least 4 members (excludes halogenated alkanes) is 15. The fourth-order valence-electron chi connectivity index (χ4n) is 2.66. The zero-order valence-electron chi connectivity index (χ0n) is 17.6. The van der Waals surface area contributed by atoms with Crippen molar-refractivity contribution in [2.75, 3.05) is 12.4 Å². The van der Waals surface area contributed by atoms with Crippen LogP contribution in [-0.2, 0) is 10.1 Å². The van der Waals surface area contributed by atoms with Gasteiger partial charge in [-0.15, -0.1) is 0 Å². The Morgan fingerprint density at radius 2 is 1.00 bits per heavy atom. The minimum absolute atomic E-state index is 0. The van der Waals surface area contributed by atoms with Crippen LogP contribution in [0.15, 0.2) is 0 Å². The zero-order valence-corrected chi connectivity index (χ0v) is 20.4. The summed E-state index contributed by atoms with van der Waals surface area (Å²) in [6, 6.07) is 0. The summed E-state index contributed by atoms with van der Waals surface area (Å²) in [7, 11) is -3.92. The molecule has 0 fully saturated rings. The van der Waals surface area contributed by atoms with Crippen molar-refractivity contribution in [1.29, 1.82) is 0 Å². The smallest absolute Gasteiger partial charge is 0.395 e. The summed E-state index contributed by atoms with van der Waals surface area (Å²) in [5.41, 5.74) is 0. The molecule has 0 atom stereocenters. The van der Waals surface area contributed by atoms with E-state index >= 15 is 0 Å². The van der Waals surface area contributed by atoms with E-state index in [9.17, 15) is 8.42 Å². The van der Waals surface area contributed by atoms with Gasteiger partial charge in [0.1, 0.15) is 0 Å². The number of hydrogen-bond donors (Lipinski definition) is 2. The third-order valence-corrected chi connectivity index (χ3v) is 4.90. The van der Waals surface area contributed by atoms with Crippen molar-refractivity contribution in [1.82, 2.24) is 0 Å². The number of hydrogen-bond acceptors (Lipinski definition) is 3. The molecule has 154 valence electrons. The minimum atomic E-state index is -3.92. The maximum Gasteiger partial charge on any atom is 1.00 e. The van der Waals surface area contributed by atoms with Crippen LogP contribution in [0.1, 0.15) is 110 Å². The van der Waals surface area contributed by atoms with Gasteiger partial charge < -0.3 is 12.0 Å². The molecule has 0 rings (SSSR count). The van der Waals surface area contributed by atoms with Gasteiger partial charge in [-0.3, -0.25) is 4.55 Å². The van der Waals surface area contributed by atoms with Crippen LogP contribution in [0.2, 0.25) is 0 Å². The van der Waals surface area contributed by atoms with Crippen molar-refractivity contribution in [2.24, 2.45) is 0 Å². The Morgan fingerprint density at radius 3 is 1.19 bits per heavy atom. The molecule has 0 bridgehead atoms. The Balaban J connectivity index is -0.000000561. The SMILES string of the molecule is O=S(=O)(O)CCO.[CH2-]CCCCCCCCCCCCCCCCC.[Na+]. The molecule has 0 saturated heterocycles. The first-order valence-corrected chi connectivity index (χ1v) is 11.9. The largest absolute Gasteiger partial charge is 1.00 e. The van der Waals surface area contributed by atoms with Crippen molar-refractivity contribution in [2.45, 2.75) is 110 Å². The quantitative estimate of drug-likeness (QED) is 0.170. The molecular formula is C20H43NaO4S. The van der Waals surface area contributed by atoms with E-state index in [0.717, 1.165) is 6.42 Å². The number of aliphatic hydroxyl groups excluding tert-OH is 1. The summed E-state index contributed by atoms with van der Waals surface area (Å²) < 4.78 is 27.1. The summed E-state index contributed by atoms with van der Waals surface area (Å²) in [6.07, 6.45) is 22.8. The van der Waals surface area contributed by atoms with Crippen molar-refractivity contribution in [3.05, 3.63) is 6.92 Å². The van der Waals surface area contributed by atoms with Gasteiger partial charge in [-0.05, 0) is 0 Å². The standard InChI is InChI=1S/C18H37.C2H6O4S.Na/c1-3-5-7-9-11-13-15-17-18-16-14-12-10-8-6-4-2;3-1-2-7(4,5)6;/h1,3-18H2,2H3;3H,1-2H2,(H,4,5,6);/q-1;;+1. The summed E-state index contributed by atoms with van der Waals surface area (Å²) in [6.45, 7) is 5.65. The molecule has 0 aliphatic rings. The van der Waals surface area contributed by atoms with Crippen LogP contribution in [0.5, 0.6) is 0 Å². The molecule has 0 aromatic rings. The van der Waals surface area contributed by atoms with Gasteiger partial charge in [-0.2, -0.15) is 14.8 Å². The Kier molecular flexibility index (Phi) is 31.4. The molecule has 0 amide bonds. The number of aliphatic hydroxyl groups is 1. The minimum Gasteiger partial charge on any atom is -0.395 e.